The molecule has 2 N–H and O–H groups in total. The number of benzene rings is 4. The van der Waals surface area contributed by atoms with Gasteiger partial charge in [-0.15, -0.1) is 10.2 Å². The Kier molecular flexibility index (Phi) is 17.0. The molecule has 47 heavy (non-hydrogen) atoms. The number of nitrogens with zero attached hydrogens (tertiary/aromatic N) is 3. The molecule has 4 rings (SSSR count). The molecule has 0 aliphatic rings. The van der Waals surface area contributed by atoms with Crippen LogP contribution in [0.4, 0.5) is 5.69 Å². The number of amides is 3. The van der Waals surface area contributed by atoms with Crippen LogP contribution in [-0.4, -0.2) is 30.2 Å². The lowest BCUT2D eigenvalue weighted by molar-refractivity contribution is -0.118. The number of azo groups is 1. The topological polar surface area (TPSA) is 112 Å². The van der Waals surface area contributed by atoms with Crippen molar-refractivity contribution in [2.45, 2.75) is 54.3 Å². The summed E-state index contributed by atoms with van der Waals surface area (Å²) in [6, 6.07) is 33.4. The van der Waals surface area contributed by atoms with E-state index in [0.717, 1.165) is 21.6 Å². The standard InChI is InChI=1S/C34H33N5O4.2C2H6/c1-25-13-12-20-29(30(25)34(42)39(24-40)23-28-18-10-5-11-19-28)37-38-31(32(41)35-21-26-14-6-3-7-15-26)33(43-2)36-22-27-16-8-4-9-17-27;2*1-2/h3-20,24,36H,21-23H2,1-2H3,(H,35,41);2*1-2H3/b33-31-,38-37?;;. The number of imide groups is 1. The maximum absolute atomic E-state index is 13.6. The average Bonchev–Trinajstić information content (AvgIpc) is 3.13. The van der Waals surface area contributed by atoms with Crippen molar-refractivity contribution in [3.05, 3.63) is 149 Å². The Morgan fingerprint density at radius 3 is 1.74 bits per heavy atom. The minimum atomic E-state index is -0.529. The summed E-state index contributed by atoms with van der Waals surface area (Å²) in [7, 11) is 1.43. The number of nitrogens with one attached hydrogen (secondary N) is 2. The lowest BCUT2D eigenvalue weighted by Gasteiger charge is -2.18. The molecule has 4 aromatic rings. The Hall–Kier alpha value is -5.57. The van der Waals surface area contributed by atoms with E-state index in [1.165, 1.54) is 7.11 Å². The highest BCUT2D eigenvalue weighted by Crippen LogP contribution is 2.26. The summed E-state index contributed by atoms with van der Waals surface area (Å²) in [4.78, 5) is 40.1. The zero-order chi connectivity index (χ0) is 34.4. The first-order valence-electron chi connectivity index (χ1n) is 15.7. The minimum Gasteiger partial charge on any atom is -0.481 e. The van der Waals surface area contributed by atoms with Gasteiger partial charge in [-0.25, -0.2) is 0 Å². The highest BCUT2D eigenvalue weighted by molar-refractivity contribution is 6.04. The average molecular weight is 636 g/mol. The van der Waals surface area contributed by atoms with Gasteiger partial charge in [0.15, 0.2) is 0 Å². The van der Waals surface area contributed by atoms with Crippen molar-refractivity contribution >= 4 is 23.9 Å². The molecule has 0 bridgehead atoms. The predicted octanol–water partition coefficient (Wildman–Crippen LogP) is 7.85. The molecule has 0 aliphatic heterocycles. The molecule has 0 unspecified atom stereocenters. The zero-order valence-electron chi connectivity index (χ0n) is 28.1. The van der Waals surface area contributed by atoms with E-state index in [2.05, 4.69) is 20.9 Å². The molecular formula is C38H45N5O4. The summed E-state index contributed by atoms with van der Waals surface area (Å²) in [5.74, 6) is -0.944. The number of carbonyl (C=O) groups excluding carboxylic acids is 3. The summed E-state index contributed by atoms with van der Waals surface area (Å²) >= 11 is 0. The van der Waals surface area contributed by atoms with E-state index in [1.54, 1.807) is 25.1 Å². The van der Waals surface area contributed by atoms with Crippen LogP contribution in [0, 0.1) is 6.92 Å². The van der Waals surface area contributed by atoms with Crippen LogP contribution in [0.25, 0.3) is 0 Å². The summed E-state index contributed by atoms with van der Waals surface area (Å²) in [5, 5.41) is 14.6. The lowest BCUT2D eigenvalue weighted by atomic mass is 10.1. The van der Waals surface area contributed by atoms with E-state index >= 15 is 0 Å². The van der Waals surface area contributed by atoms with E-state index in [-0.39, 0.29) is 35.9 Å². The van der Waals surface area contributed by atoms with Crippen LogP contribution < -0.4 is 10.6 Å². The highest BCUT2D eigenvalue weighted by Gasteiger charge is 2.22. The molecule has 0 aliphatic carbocycles. The van der Waals surface area contributed by atoms with Crippen molar-refractivity contribution in [1.29, 1.82) is 0 Å². The number of rotatable bonds is 13. The molecule has 0 spiro atoms. The van der Waals surface area contributed by atoms with Crippen LogP contribution in [0.1, 0.15) is 60.3 Å². The van der Waals surface area contributed by atoms with Crippen LogP contribution in [0.15, 0.2) is 131 Å². The smallest absolute Gasteiger partial charge is 0.277 e. The van der Waals surface area contributed by atoms with Crippen molar-refractivity contribution in [2.24, 2.45) is 10.2 Å². The molecule has 0 saturated heterocycles. The Balaban J connectivity index is 0.00000185. The number of aryl methyl sites for hydroxylation is 1. The number of ether oxygens (including phenoxy) is 1. The van der Waals surface area contributed by atoms with Gasteiger partial charge < -0.3 is 15.4 Å². The predicted molar refractivity (Wildman–Crippen MR) is 186 cm³/mol. The second-order valence-electron chi connectivity index (χ2n) is 9.58. The summed E-state index contributed by atoms with van der Waals surface area (Å²) in [5.41, 5.74) is 3.58. The number of hydrogen-bond donors (Lipinski definition) is 2. The molecule has 0 heterocycles. The van der Waals surface area contributed by atoms with Gasteiger partial charge in [0.1, 0.15) is 0 Å². The quantitative estimate of drug-likeness (QED) is 0.0673. The molecule has 9 heteroatoms. The van der Waals surface area contributed by atoms with Crippen molar-refractivity contribution < 1.29 is 19.1 Å². The Labute approximate surface area is 278 Å². The Bertz CT molecular complexity index is 1590. The fraction of sp³-hybridized carbons (Fsp3) is 0.237. The van der Waals surface area contributed by atoms with Crippen molar-refractivity contribution in [3.8, 4) is 0 Å². The SMILES string of the molecule is CC.CC.CO/C(NCc1ccccc1)=C(\N=Nc1cccc(C)c1C(=O)N(C=O)Cc1ccccc1)C(=O)NCc1ccccc1. The molecule has 0 aromatic heterocycles. The monoisotopic (exact) mass is 635 g/mol. The van der Waals surface area contributed by atoms with Gasteiger partial charge in [0.25, 0.3) is 11.8 Å². The number of hydrogen-bond acceptors (Lipinski definition) is 7. The molecule has 0 atom stereocenters. The molecule has 0 saturated carbocycles. The van der Waals surface area contributed by atoms with Gasteiger partial charge in [-0.2, -0.15) is 0 Å². The largest absolute Gasteiger partial charge is 0.481 e. The van der Waals surface area contributed by atoms with Crippen molar-refractivity contribution in [1.82, 2.24) is 15.5 Å². The fourth-order valence-corrected chi connectivity index (χ4v) is 4.29. The molecular weight excluding hydrogens is 590 g/mol. The number of methoxy groups -OCH3 is 1. The van der Waals surface area contributed by atoms with Gasteiger partial charge in [0, 0.05) is 13.1 Å². The third-order valence-electron chi connectivity index (χ3n) is 6.53. The van der Waals surface area contributed by atoms with E-state index < -0.39 is 11.8 Å². The van der Waals surface area contributed by atoms with Crippen molar-refractivity contribution in [2.75, 3.05) is 7.11 Å². The van der Waals surface area contributed by atoms with Gasteiger partial charge in [-0.1, -0.05) is 131 Å². The maximum atomic E-state index is 13.6. The van der Waals surface area contributed by atoms with E-state index in [1.807, 2.05) is 119 Å². The first-order chi connectivity index (χ1) is 23.0. The van der Waals surface area contributed by atoms with Gasteiger partial charge in [0.05, 0.1) is 24.9 Å². The third-order valence-corrected chi connectivity index (χ3v) is 6.53. The molecule has 3 amide bonds. The first-order valence-corrected chi connectivity index (χ1v) is 15.7. The van der Waals surface area contributed by atoms with E-state index in [4.69, 9.17) is 4.74 Å². The second-order valence-corrected chi connectivity index (χ2v) is 9.58. The van der Waals surface area contributed by atoms with E-state index in [0.29, 0.717) is 18.5 Å². The summed E-state index contributed by atoms with van der Waals surface area (Å²) in [6.45, 7) is 10.5. The normalized spacial score (nSPS) is 10.7. The fourth-order valence-electron chi connectivity index (χ4n) is 4.29. The van der Waals surface area contributed by atoms with Gasteiger partial charge in [-0.3, -0.25) is 19.3 Å². The molecule has 4 aromatic carbocycles. The van der Waals surface area contributed by atoms with Crippen LogP contribution in [-0.2, 0) is 34.0 Å². The van der Waals surface area contributed by atoms with Crippen molar-refractivity contribution in [3.63, 3.8) is 0 Å². The lowest BCUT2D eigenvalue weighted by Crippen LogP contribution is -2.29. The molecule has 246 valence electrons. The highest BCUT2D eigenvalue weighted by atomic mass is 16.5. The molecule has 9 nitrogen and oxygen atoms in total. The van der Waals surface area contributed by atoms with Crippen LogP contribution in [0.3, 0.4) is 0 Å². The molecule has 0 fully saturated rings. The van der Waals surface area contributed by atoms with E-state index in [9.17, 15) is 14.4 Å². The van der Waals surface area contributed by atoms with Gasteiger partial charge in [0.2, 0.25) is 18.0 Å². The van der Waals surface area contributed by atoms with Crippen LogP contribution >= 0.6 is 0 Å². The minimum absolute atomic E-state index is 0.0956. The second kappa shape index (κ2) is 21.2. The molecule has 0 radical (unpaired) electrons. The van der Waals surface area contributed by atoms with Crippen LogP contribution in [0.2, 0.25) is 0 Å². The number of carbonyl (C=O) groups is 3. The Morgan fingerprint density at radius 2 is 1.23 bits per heavy atom. The van der Waals surface area contributed by atoms with Gasteiger partial charge in [-0.05, 0) is 35.2 Å². The summed E-state index contributed by atoms with van der Waals surface area (Å²) in [6.07, 6.45) is 0.502. The zero-order valence-corrected chi connectivity index (χ0v) is 28.1. The Morgan fingerprint density at radius 1 is 0.723 bits per heavy atom. The van der Waals surface area contributed by atoms with Crippen LogP contribution in [0.5, 0.6) is 0 Å². The van der Waals surface area contributed by atoms with Gasteiger partial charge >= 0.3 is 0 Å². The first kappa shape index (κ1) is 37.6. The maximum Gasteiger partial charge on any atom is 0.277 e. The summed E-state index contributed by atoms with van der Waals surface area (Å²) < 4.78 is 5.55. The third kappa shape index (κ3) is 11.7.